The van der Waals surface area contributed by atoms with Crippen LogP contribution in [0.2, 0.25) is 0 Å². The molecule has 2 nitrogen and oxygen atoms in total. The molecular weight excluding hydrogens is 104 g/mol. The second-order valence-electron chi connectivity index (χ2n) is 1.87. The molecule has 0 heterocycles. The van der Waals surface area contributed by atoms with Crippen LogP contribution in [0.5, 0.6) is 0 Å². The molecular formula is C6H12O2. The van der Waals surface area contributed by atoms with Crippen LogP contribution >= 0.6 is 0 Å². The van der Waals surface area contributed by atoms with Crippen LogP contribution in [0.25, 0.3) is 0 Å². The van der Waals surface area contributed by atoms with E-state index in [1.807, 2.05) is 0 Å². The van der Waals surface area contributed by atoms with Gasteiger partial charge in [-0.3, -0.25) is 0 Å². The van der Waals surface area contributed by atoms with Gasteiger partial charge in [-0.2, -0.15) is 0 Å². The summed E-state index contributed by atoms with van der Waals surface area (Å²) in [6.07, 6.45) is 2.18. The zero-order valence-electron chi connectivity index (χ0n) is 5.20. The first-order chi connectivity index (χ1) is 3.63. The molecule has 0 saturated carbocycles. The summed E-state index contributed by atoms with van der Waals surface area (Å²) in [7, 11) is 0. The second-order valence-corrected chi connectivity index (χ2v) is 1.87. The van der Waals surface area contributed by atoms with Crippen molar-refractivity contribution in [1.29, 1.82) is 0 Å². The maximum Gasteiger partial charge on any atom is 0.0693 e. The summed E-state index contributed by atoms with van der Waals surface area (Å²) in [4.78, 5) is 0. The molecule has 0 aromatic rings. The van der Waals surface area contributed by atoms with Crippen LogP contribution in [-0.2, 0) is 0 Å². The molecule has 48 valence electrons. The van der Waals surface area contributed by atoms with Crippen molar-refractivity contribution >= 4 is 0 Å². The molecule has 2 unspecified atom stereocenters. The molecule has 0 radical (unpaired) electrons. The van der Waals surface area contributed by atoms with Gasteiger partial charge in [0, 0.05) is 0 Å². The molecule has 2 heteroatoms. The van der Waals surface area contributed by atoms with Gasteiger partial charge in [-0.15, -0.1) is 0 Å². The van der Waals surface area contributed by atoms with Crippen LogP contribution in [-0.4, -0.2) is 22.4 Å². The molecule has 0 fully saturated rings. The highest BCUT2D eigenvalue weighted by atomic mass is 16.3. The Morgan fingerprint density at radius 1 is 1.00 bits per heavy atom. The summed E-state index contributed by atoms with van der Waals surface area (Å²) in [5, 5.41) is 17.2. The highest BCUT2D eigenvalue weighted by molar-refractivity contribution is 4.89. The zero-order valence-corrected chi connectivity index (χ0v) is 5.20. The van der Waals surface area contributed by atoms with E-state index >= 15 is 0 Å². The second kappa shape index (κ2) is 3.64. The third-order valence-electron chi connectivity index (χ3n) is 0.668. The van der Waals surface area contributed by atoms with Gasteiger partial charge in [-0.1, -0.05) is 12.2 Å². The molecule has 0 amide bonds. The van der Waals surface area contributed by atoms with Crippen molar-refractivity contribution in [2.24, 2.45) is 0 Å². The lowest BCUT2D eigenvalue weighted by molar-refractivity contribution is 0.228. The molecule has 0 rings (SSSR count). The molecule has 0 aliphatic heterocycles. The van der Waals surface area contributed by atoms with Crippen molar-refractivity contribution in [3.63, 3.8) is 0 Å². The third-order valence-corrected chi connectivity index (χ3v) is 0.668. The van der Waals surface area contributed by atoms with Crippen LogP contribution in [0.15, 0.2) is 12.2 Å². The number of aliphatic hydroxyl groups is 2. The highest BCUT2D eigenvalue weighted by Gasteiger charge is 1.87. The van der Waals surface area contributed by atoms with Gasteiger partial charge in [0.05, 0.1) is 12.2 Å². The van der Waals surface area contributed by atoms with Crippen LogP contribution < -0.4 is 0 Å². The maximum atomic E-state index is 8.60. The molecule has 0 aromatic carbocycles. The standard InChI is InChI=1S/C6H12O2/c1-5(7)3-4-6(2)8/h3-8H,1-2H3/b4-3+. The predicted molar refractivity (Wildman–Crippen MR) is 32.5 cm³/mol. The summed E-state index contributed by atoms with van der Waals surface area (Å²) in [5.74, 6) is 0. The molecule has 0 aromatic heterocycles. The number of rotatable bonds is 2. The molecule has 2 atom stereocenters. The van der Waals surface area contributed by atoms with Crippen molar-refractivity contribution in [3.05, 3.63) is 12.2 Å². The average molecular weight is 116 g/mol. The Kier molecular flexibility index (Phi) is 3.48. The van der Waals surface area contributed by atoms with Gasteiger partial charge in [0.2, 0.25) is 0 Å². The van der Waals surface area contributed by atoms with E-state index in [-0.39, 0.29) is 0 Å². The minimum absolute atomic E-state index is 0.454. The van der Waals surface area contributed by atoms with Gasteiger partial charge < -0.3 is 10.2 Å². The quantitative estimate of drug-likeness (QED) is 0.509. The summed E-state index contributed by atoms with van der Waals surface area (Å²) >= 11 is 0. The molecule has 0 aliphatic carbocycles. The first kappa shape index (κ1) is 7.66. The lowest BCUT2D eigenvalue weighted by Crippen LogP contribution is -1.97. The SMILES string of the molecule is CC(O)/C=C/C(C)O. The molecule has 0 spiro atoms. The van der Waals surface area contributed by atoms with E-state index in [2.05, 4.69) is 0 Å². The molecule has 2 N–H and O–H groups in total. The van der Waals surface area contributed by atoms with E-state index in [1.165, 1.54) is 0 Å². The van der Waals surface area contributed by atoms with Crippen molar-refractivity contribution in [1.82, 2.24) is 0 Å². The van der Waals surface area contributed by atoms with Crippen LogP contribution in [0.4, 0.5) is 0 Å². The summed E-state index contributed by atoms with van der Waals surface area (Å²) in [6.45, 7) is 3.28. The van der Waals surface area contributed by atoms with E-state index in [4.69, 9.17) is 10.2 Å². The van der Waals surface area contributed by atoms with E-state index in [9.17, 15) is 0 Å². The third kappa shape index (κ3) is 5.66. The number of aliphatic hydroxyl groups excluding tert-OH is 2. The Labute approximate surface area is 49.5 Å². The van der Waals surface area contributed by atoms with E-state index in [0.29, 0.717) is 0 Å². The van der Waals surface area contributed by atoms with Crippen molar-refractivity contribution < 1.29 is 10.2 Å². The predicted octanol–water partition coefficient (Wildman–Crippen LogP) is 0.304. The zero-order chi connectivity index (χ0) is 6.57. The van der Waals surface area contributed by atoms with Crippen molar-refractivity contribution in [2.75, 3.05) is 0 Å². The molecule has 0 aliphatic rings. The molecule has 0 saturated heterocycles. The lowest BCUT2D eigenvalue weighted by Gasteiger charge is -1.94. The van der Waals surface area contributed by atoms with Crippen molar-refractivity contribution in [2.45, 2.75) is 26.1 Å². The van der Waals surface area contributed by atoms with Crippen molar-refractivity contribution in [3.8, 4) is 0 Å². The Bertz CT molecular complexity index is 64.6. The molecule has 0 bridgehead atoms. The van der Waals surface area contributed by atoms with Crippen LogP contribution in [0, 0.1) is 0 Å². The number of hydrogen-bond acceptors (Lipinski definition) is 2. The van der Waals surface area contributed by atoms with Gasteiger partial charge in [-0.05, 0) is 13.8 Å². The van der Waals surface area contributed by atoms with E-state index in [0.717, 1.165) is 0 Å². The molecule has 8 heavy (non-hydrogen) atoms. The Balaban J connectivity index is 3.34. The van der Waals surface area contributed by atoms with Gasteiger partial charge in [0.25, 0.3) is 0 Å². The topological polar surface area (TPSA) is 40.5 Å². The van der Waals surface area contributed by atoms with Gasteiger partial charge in [0.15, 0.2) is 0 Å². The first-order valence-electron chi connectivity index (χ1n) is 2.67. The minimum Gasteiger partial charge on any atom is -0.389 e. The smallest absolute Gasteiger partial charge is 0.0693 e. The normalized spacial score (nSPS) is 19.0. The first-order valence-corrected chi connectivity index (χ1v) is 2.67. The van der Waals surface area contributed by atoms with E-state index < -0.39 is 12.2 Å². The Hall–Kier alpha value is -0.340. The largest absolute Gasteiger partial charge is 0.389 e. The fourth-order valence-electron chi connectivity index (χ4n) is 0.322. The van der Waals surface area contributed by atoms with Gasteiger partial charge >= 0.3 is 0 Å². The van der Waals surface area contributed by atoms with E-state index in [1.54, 1.807) is 26.0 Å². The van der Waals surface area contributed by atoms with Crippen LogP contribution in [0.3, 0.4) is 0 Å². The fraction of sp³-hybridized carbons (Fsp3) is 0.667. The Morgan fingerprint density at radius 2 is 1.25 bits per heavy atom. The van der Waals surface area contributed by atoms with Gasteiger partial charge in [0.1, 0.15) is 0 Å². The monoisotopic (exact) mass is 116 g/mol. The summed E-state index contributed by atoms with van der Waals surface area (Å²) in [6, 6.07) is 0. The van der Waals surface area contributed by atoms with Crippen LogP contribution in [0.1, 0.15) is 13.8 Å². The highest BCUT2D eigenvalue weighted by Crippen LogP contribution is 1.86. The average Bonchev–Trinajstić information content (AvgIpc) is 1.61. The fourth-order valence-corrected chi connectivity index (χ4v) is 0.322. The lowest BCUT2D eigenvalue weighted by atomic mass is 10.3. The minimum atomic E-state index is -0.454. The summed E-state index contributed by atoms with van der Waals surface area (Å²) in [5.41, 5.74) is 0. The maximum absolute atomic E-state index is 8.60. The number of hydrogen-bond donors (Lipinski definition) is 2. The summed E-state index contributed by atoms with van der Waals surface area (Å²) < 4.78 is 0. The Morgan fingerprint density at radius 3 is 1.38 bits per heavy atom. The van der Waals surface area contributed by atoms with Gasteiger partial charge in [-0.25, -0.2) is 0 Å².